The van der Waals surface area contributed by atoms with Crippen LogP contribution in [0.15, 0.2) is 27.1 Å². The fourth-order valence-electron chi connectivity index (χ4n) is 2.10. The molecule has 0 saturated heterocycles. The summed E-state index contributed by atoms with van der Waals surface area (Å²) in [5.74, 6) is -0.00839. The van der Waals surface area contributed by atoms with E-state index in [9.17, 15) is 14.4 Å². The van der Waals surface area contributed by atoms with Crippen molar-refractivity contribution in [1.29, 1.82) is 0 Å². The molecule has 3 rings (SSSR count). The van der Waals surface area contributed by atoms with Crippen LogP contribution in [0.25, 0.3) is 22.3 Å². The van der Waals surface area contributed by atoms with E-state index in [0.29, 0.717) is 16.1 Å². The number of Topliss-reactive ketones (excluding diaryl/α,β-unsaturated/α-hetero) is 1. The third-order valence-corrected chi connectivity index (χ3v) is 4.17. The molecule has 0 saturated carbocycles. The van der Waals surface area contributed by atoms with E-state index in [2.05, 4.69) is 15.0 Å². The van der Waals surface area contributed by atoms with Gasteiger partial charge in [-0.25, -0.2) is 9.78 Å². The molecule has 0 aliphatic heterocycles. The number of aromatic nitrogens is 3. The maximum Gasteiger partial charge on any atom is 0.326 e. The van der Waals surface area contributed by atoms with Crippen molar-refractivity contribution in [1.82, 2.24) is 15.0 Å². The Morgan fingerprint density at radius 1 is 1.24 bits per heavy atom. The summed E-state index contributed by atoms with van der Waals surface area (Å²) in [4.78, 5) is 44.2. The first-order chi connectivity index (χ1) is 9.95. The molecule has 2 N–H and O–H groups in total. The Hall–Kier alpha value is -2.54. The van der Waals surface area contributed by atoms with Crippen molar-refractivity contribution in [2.75, 3.05) is 0 Å². The summed E-state index contributed by atoms with van der Waals surface area (Å²) in [6.45, 7) is 3.30. The molecule has 106 valence electrons. The van der Waals surface area contributed by atoms with Crippen LogP contribution in [0, 0.1) is 6.92 Å². The van der Waals surface area contributed by atoms with E-state index in [1.807, 2.05) is 5.38 Å². The topological polar surface area (TPSA) is 95.7 Å². The Morgan fingerprint density at radius 3 is 2.67 bits per heavy atom. The molecule has 0 fully saturated rings. The predicted molar refractivity (Wildman–Crippen MR) is 81.0 cm³/mol. The van der Waals surface area contributed by atoms with Crippen molar-refractivity contribution in [2.45, 2.75) is 13.8 Å². The molecule has 0 bridgehead atoms. The minimum absolute atomic E-state index is 0.00839. The SMILES string of the molecule is CC(=O)c1cc(-c2cc(C)c3[nH]c(=O)[nH]c(=O)c3n2)cs1. The van der Waals surface area contributed by atoms with Gasteiger partial charge in [-0.05, 0) is 31.5 Å². The van der Waals surface area contributed by atoms with Gasteiger partial charge < -0.3 is 4.98 Å². The van der Waals surface area contributed by atoms with Gasteiger partial charge in [0.2, 0.25) is 0 Å². The highest BCUT2D eigenvalue weighted by molar-refractivity contribution is 7.12. The monoisotopic (exact) mass is 301 g/mol. The summed E-state index contributed by atoms with van der Waals surface area (Å²) in [6, 6.07) is 3.53. The van der Waals surface area contributed by atoms with Crippen LogP contribution in [-0.2, 0) is 0 Å². The summed E-state index contributed by atoms with van der Waals surface area (Å²) in [5, 5.41) is 1.82. The zero-order chi connectivity index (χ0) is 15.1. The van der Waals surface area contributed by atoms with Gasteiger partial charge in [-0.3, -0.25) is 14.6 Å². The number of thiophene rings is 1. The first-order valence-corrected chi connectivity index (χ1v) is 7.07. The molecule has 0 aliphatic carbocycles. The highest BCUT2D eigenvalue weighted by Gasteiger charge is 2.11. The maximum atomic E-state index is 11.9. The molecule has 7 heteroatoms. The molecule has 0 amide bonds. The van der Waals surface area contributed by atoms with Gasteiger partial charge in [0.05, 0.1) is 16.1 Å². The van der Waals surface area contributed by atoms with Crippen LogP contribution >= 0.6 is 11.3 Å². The lowest BCUT2D eigenvalue weighted by Gasteiger charge is -2.04. The highest BCUT2D eigenvalue weighted by atomic mass is 32.1. The number of H-pyrrole nitrogens is 2. The van der Waals surface area contributed by atoms with Gasteiger partial charge in [-0.1, -0.05) is 0 Å². The first kappa shape index (κ1) is 13.4. The first-order valence-electron chi connectivity index (χ1n) is 6.19. The minimum Gasteiger partial charge on any atom is -0.305 e. The number of aryl methyl sites for hydroxylation is 1. The summed E-state index contributed by atoms with van der Waals surface area (Å²) in [5.41, 5.74) is 1.64. The van der Waals surface area contributed by atoms with Crippen LogP contribution in [-0.4, -0.2) is 20.7 Å². The number of pyridine rings is 1. The smallest absolute Gasteiger partial charge is 0.305 e. The molecule has 3 aromatic heterocycles. The van der Waals surface area contributed by atoms with E-state index in [1.54, 1.807) is 19.1 Å². The second-order valence-corrected chi connectivity index (χ2v) is 5.62. The molecule has 0 spiro atoms. The fourth-order valence-corrected chi connectivity index (χ4v) is 2.91. The van der Waals surface area contributed by atoms with Crippen LogP contribution in [0.3, 0.4) is 0 Å². The van der Waals surface area contributed by atoms with Gasteiger partial charge in [-0.2, -0.15) is 0 Å². The van der Waals surface area contributed by atoms with Gasteiger partial charge in [0.15, 0.2) is 11.3 Å². The van der Waals surface area contributed by atoms with Crippen molar-refractivity contribution in [3.63, 3.8) is 0 Å². The van der Waals surface area contributed by atoms with E-state index < -0.39 is 11.2 Å². The molecule has 0 unspecified atom stereocenters. The molecule has 0 aromatic carbocycles. The maximum absolute atomic E-state index is 11.9. The Labute approximate surface area is 122 Å². The largest absolute Gasteiger partial charge is 0.326 e. The number of rotatable bonds is 2. The van der Waals surface area contributed by atoms with Crippen LogP contribution < -0.4 is 11.2 Å². The van der Waals surface area contributed by atoms with Crippen molar-refractivity contribution in [2.24, 2.45) is 0 Å². The Bertz CT molecular complexity index is 981. The molecule has 3 aromatic rings. The summed E-state index contributed by atoms with van der Waals surface area (Å²) >= 11 is 1.34. The lowest BCUT2D eigenvalue weighted by Crippen LogP contribution is -2.23. The average molecular weight is 301 g/mol. The fraction of sp³-hybridized carbons (Fsp3) is 0.143. The lowest BCUT2D eigenvalue weighted by atomic mass is 10.1. The number of aromatic amines is 2. The molecule has 0 atom stereocenters. The number of fused-ring (bicyclic) bond motifs is 1. The summed E-state index contributed by atoms with van der Waals surface area (Å²) < 4.78 is 0. The normalized spacial score (nSPS) is 11.0. The number of hydrogen-bond acceptors (Lipinski definition) is 5. The zero-order valence-corrected chi connectivity index (χ0v) is 12.1. The van der Waals surface area contributed by atoms with Crippen LogP contribution in [0.5, 0.6) is 0 Å². The molecular weight excluding hydrogens is 290 g/mol. The standard InChI is InChI=1S/C14H11N3O3S/c1-6-3-9(8-4-10(7(2)18)21-5-8)15-12-11(6)16-14(20)17-13(12)19/h3-5H,1-2H3,(H2,16,17,19,20). The van der Waals surface area contributed by atoms with E-state index >= 15 is 0 Å². The van der Waals surface area contributed by atoms with E-state index in [4.69, 9.17) is 0 Å². The molecule has 0 radical (unpaired) electrons. The third-order valence-electron chi connectivity index (χ3n) is 3.14. The second kappa shape index (κ2) is 4.78. The Kier molecular flexibility index (Phi) is 3.06. The number of nitrogens with zero attached hydrogens (tertiary/aromatic N) is 1. The minimum atomic E-state index is -0.556. The van der Waals surface area contributed by atoms with Crippen molar-refractivity contribution in [3.05, 3.63) is 48.8 Å². The van der Waals surface area contributed by atoms with Gasteiger partial charge >= 0.3 is 5.69 Å². The van der Waals surface area contributed by atoms with E-state index in [-0.39, 0.29) is 11.3 Å². The van der Waals surface area contributed by atoms with Crippen LogP contribution in [0.2, 0.25) is 0 Å². The van der Waals surface area contributed by atoms with Gasteiger partial charge in [0.25, 0.3) is 5.56 Å². The molecule has 0 aliphatic rings. The lowest BCUT2D eigenvalue weighted by molar-refractivity contribution is 0.102. The van der Waals surface area contributed by atoms with Crippen molar-refractivity contribution in [3.8, 4) is 11.3 Å². The van der Waals surface area contributed by atoms with Crippen LogP contribution in [0.4, 0.5) is 0 Å². The number of nitrogens with one attached hydrogen (secondary N) is 2. The van der Waals surface area contributed by atoms with Gasteiger partial charge in [0.1, 0.15) is 0 Å². The quantitative estimate of drug-likeness (QED) is 0.706. The zero-order valence-electron chi connectivity index (χ0n) is 11.3. The van der Waals surface area contributed by atoms with Gasteiger partial charge in [0, 0.05) is 10.9 Å². The molecule has 3 heterocycles. The Balaban J connectivity index is 2.27. The molecule has 6 nitrogen and oxygen atoms in total. The molecular formula is C14H11N3O3S. The van der Waals surface area contributed by atoms with Crippen LogP contribution in [0.1, 0.15) is 22.2 Å². The highest BCUT2D eigenvalue weighted by Crippen LogP contribution is 2.26. The second-order valence-electron chi connectivity index (χ2n) is 4.71. The number of carbonyl (C=O) groups excluding carboxylic acids is 1. The molecule has 21 heavy (non-hydrogen) atoms. The number of hydrogen-bond donors (Lipinski definition) is 2. The van der Waals surface area contributed by atoms with Crippen molar-refractivity contribution < 1.29 is 4.79 Å². The van der Waals surface area contributed by atoms with Crippen molar-refractivity contribution >= 4 is 28.2 Å². The average Bonchev–Trinajstić information content (AvgIpc) is 2.89. The summed E-state index contributed by atoms with van der Waals surface area (Å²) in [6.07, 6.45) is 0. The third kappa shape index (κ3) is 2.31. The predicted octanol–water partition coefficient (Wildman–Crippen LogP) is 1.85. The number of carbonyl (C=O) groups is 1. The van der Waals surface area contributed by atoms with E-state index in [0.717, 1.165) is 11.1 Å². The van der Waals surface area contributed by atoms with Gasteiger partial charge in [-0.15, -0.1) is 11.3 Å². The number of ketones is 1. The van der Waals surface area contributed by atoms with E-state index in [1.165, 1.54) is 18.3 Å². The Morgan fingerprint density at radius 2 is 2.00 bits per heavy atom. The summed E-state index contributed by atoms with van der Waals surface area (Å²) in [7, 11) is 0.